The van der Waals surface area contributed by atoms with E-state index in [0.717, 1.165) is 22.6 Å². The van der Waals surface area contributed by atoms with Gasteiger partial charge in [0.2, 0.25) is 0 Å². The van der Waals surface area contributed by atoms with Crippen molar-refractivity contribution >= 4 is 16.8 Å². The molecule has 0 unspecified atom stereocenters. The molecular weight excluding hydrogens is 264 g/mol. The number of carbonyl (C=O) groups excluding carboxylic acids is 1. The first kappa shape index (κ1) is 13.5. The number of hydrogen-bond acceptors (Lipinski definition) is 3. The summed E-state index contributed by atoms with van der Waals surface area (Å²) in [5, 5.41) is 4.33. The second-order valence-electron chi connectivity index (χ2n) is 5.16. The van der Waals surface area contributed by atoms with Crippen molar-refractivity contribution in [1.29, 1.82) is 0 Å². The lowest BCUT2D eigenvalue weighted by atomic mass is 10.2. The number of rotatable bonds is 4. The number of benzene rings is 1. The first-order valence-corrected chi connectivity index (χ1v) is 7.08. The zero-order chi connectivity index (χ0) is 15.0. The fourth-order valence-corrected chi connectivity index (χ4v) is 2.60. The summed E-state index contributed by atoms with van der Waals surface area (Å²) in [4.78, 5) is 17.1. The van der Waals surface area contributed by atoms with Crippen LogP contribution in [0.4, 0.5) is 0 Å². The van der Waals surface area contributed by atoms with Gasteiger partial charge in [-0.3, -0.25) is 9.48 Å². The van der Waals surface area contributed by atoms with Crippen LogP contribution < -0.4 is 0 Å². The highest BCUT2D eigenvalue weighted by Gasteiger charge is 2.17. The fourth-order valence-electron chi connectivity index (χ4n) is 2.60. The molecule has 0 N–H and O–H groups in total. The molecule has 3 aromatic rings. The molecule has 3 rings (SSSR count). The van der Waals surface area contributed by atoms with E-state index in [-0.39, 0.29) is 12.2 Å². The highest BCUT2D eigenvalue weighted by atomic mass is 16.1. The lowest BCUT2D eigenvalue weighted by Crippen LogP contribution is -2.14. The summed E-state index contributed by atoms with van der Waals surface area (Å²) >= 11 is 0. The molecule has 0 radical (unpaired) electrons. The average Bonchev–Trinajstić information content (AvgIpc) is 3.01. The SMILES string of the molecule is CCn1nc(C)cc1C(=O)Cc1nc2ccccc2n1C. The smallest absolute Gasteiger partial charge is 0.188 e. The van der Waals surface area contributed by atoms with E-state index in [1.807, 2.05) is 55.8 Å². The Balaban J connectivity index is 1.94. The standard InChI is InChI=1S/C16H18N4O/c1-4-20-14(9-11(2)18-20)15(21)10-16-17-12-7-5-6-8-13(12)19(16)3/h5-9H,4,10H2,1-3H3. The van der Waals surface area contributed by atoms with Crippen LogP contribution >= 0.6 is 0 Å². The molecule has 0 amide bonds. The third kappa shape index (κ3) is 2.35. The van der Waals surface area contributed by atoms with Crippen molar-refractivity contribution in [1.82, 2.24) is 19.3 Å². The second-order valence-corrected chi connectivity index (χ2v) is 5.16. The second kappa shape index (κ2) is 5.16. The van der Waals surface area contributed by atoms with Crippen molar-refractivity contribution in [3.8, 4) is 0 Å². The van der Waals surface area contributed by atoms with E-state index >= 15 is 0 Å². The summed E-state index contributed by atoms with van der Waals surface area (Å²) in [7, 11) is 1.94. The number of aromatic nitrogens is 4. The Hall–Kier alpha value is -2.43. The maximum absolute atomic E-state index is 12.5. The fraction of sp³-hybridized carbons (Fsp3) is 0.312. The van der Waals surface area contributed by atoms with Crippen molar-refractivity contribution in [2.24, 2.45) is 7.05 Å². The van der Waals surface area contributed by atoms with Gasteiger partial charge in [0.1, 0.15) is 11.5 Å². The third-order valence-corrected chi connectivity index (χ3v) is 3.69. The van der Waals surface area contributed by atoms with Gasteiger partial charge in [0.25, 0.3) is 0 Å². The number of imidazole rings is 1. The van der Waals surface area contributed by atoms with Gasteiger partial charge in [0.05, 0.1) is 23.1 Å². The van der Waals surface area contributed by atoms with Gasteiger partial charge >= 0.3 is 0 Å². The molecule has 0 aliphatic carbocycles. The Morgan fingerprint density at radius 3 is 2.76 bits per heavy atom. The molecule has 2 aromatic heterocycles. The highest BCUT2D eigenvalue weighted by molar-refractivity contribution is 5.96. The maximum atomic E-state index is 12.5. The van der Waals surface area contributed by atoms with Crippen molar-refractivity contribution in [3.05, 3.63) is 47.5 Å². The van der Waals surface area contributed by atoms with Crippen LogP contribution in [-0.4, -0.2) is 25.1 Å². The van der Waals surface area contributed by atoms with Crippen LogP contribution in [0.5, 0.6) is 0 Å². The molecule has 1 aromatic carbocycles. The molecule has 5 heteroatoms. The molecular formula is C16H18N4O. The monoisotopic (exact) mass is 282 g/mol. The molecule has 108 valence electrons. The summed E-state index contributed by atoms with van der Waals surface area (Å²) in [6, 6.07) is 9.75. The highest BCUT2D eigenvalue weighted by Crippen LogP contribution is 2.16. The molecule has 0 bridgehead atoms. The molecule has 0 saturated carbocycles. The molecule has 0 saturated heterocycles. The quantitative estimate of drug-likeness (QED) is 0.691. The Labute approximate surface area is 123 Å². The summed E-state index contributed by atoms with van der Waals surface area (Å²) in [5.74, 6) is 0.832. The van der Waals surface area contributed by atoms with E-state index in [0.29, 0.717) is 12.2 Å². The molecule has 0 fully saturated rings. The van der Waals surface area contributed by atoms with Crippen LogP contribution in [0.3, 0.4) is 0 Å². The van der Waals surface area contributed by atoms with Crippen LogP contribution in [0.25, 0.3) is 11.0 Å². The molecule has 0 aliphatic heterocycles. The van der Waals surface area contributed by atoms with Gasteiger partial charge < -0.3 is 4.57 Å². The van der Waals surface area contributed by atoms with Crippen molar-refractivity contribution in [2.75, 3.05) is 0 Å². The van der Waals surface area contributed by atoms with Crippen LogP contribution in [0.2, 0.25) is 0 Å². The zero-order valence-electron chi connectivity index (χ0n) is 12.5. The van der Waals surface area contributed by atoms with E-state index in [2.05, 4.69) is 10.1 Å². The van der Waals surface area contributed by atoms with E-state index in [1.165, 1.54) is 0 Å². The first-order valence-electron chi connectivity index (χ1n) is 7.08. The number of Topliss-reactive ketones (excluding diaryl/α,β-unsaturated/α-hetero) is 1. The molecule has 2 heterocycles. The Bertz CT molecular complexity index is 813. The van der Waals surface area contributed by atoms with Crippen LogP contribution in [0, 0.1) is 6.92 Å². The summed E-state index contributed by atoms with van der Waals surface area (Å²) in [6.45, 7) is 4.58. The molecule has 21 heavy (non-hydrogen) atoms. The lowest BCUT2D eigenvalue weighted by Gasteiger charge is -2.04. The summed E-state index contributed by atoms with van der Waals surface area (Å²) < 4.78 is 3.73. The lowest BCUT2D eigenvalue weighted by molar-refractivity contribution is 0.0980. The van der Waals surface area contributed by atoms with E-state index in [4.69, 9.17) is 0 Å². The van der Waals surface area contributed by atoms with E-state index in [1.54, 1.807) is 4.68 Å². The zero-order valence-corrected chi connectivity index (χ0v) is 12.5. The molecule has 0 spiro atoms. The van der Waals surface area contributed by atoms with Crippen LogP contribution in [-0.2, 0) is 20.0 Å². The van der Waals surface area contributed by atoms with Crippen molar-refractivity contribution < 1.29 is 4.79 Å². The Morgan fingerprint density at radius 1 is 1.29 bits per heavy atom. The number of hydrogen-bond donors (Lipinski definition) is 0. The third-order valence-electron chi connectivity index (χ3n) is 3.69. The summed E-state index contributed by atoms with van der Waals surface area (Å²) in [6.07, 6.45) is 0.288. The number of carbonyl (C=O) groups is 1. The summed E-state index contributed by atoms with van der Waals surface area (Å²) in [5.41, 5.74) is 3.48. The Morgan fingerprint density at radius 2 is 2.05 bits per heavy atom. The van der Waals surface area contributed by atoms with Gasteiger partial charge in [0, 0.05) is 13.6 Å². The number of aryl methyl sites for hydroxylation is 3. The molecule has 0 atom stereocenters. The van der Waals surface area contributed by atoms with E-state index < -0.39 is 0 Å². The van der Waals surface area contributed by atoms with Gasteiger partial charge in [-0.25, -0.2) is 4.98 Å². The minimum Gasteiger partial charge on any atom is -0.331 e. The predicted octanol–water partition coefficient (Wildman–Crippen LogP) is 2.52. The van der Waals surface area contributed by atoms with Crippen LogP contribution in [0.15, 0.2) is 30.3 Å². The Kier molecular flexibility index (Phi) is 3.33. The number of nitrogens with zero attached hydrogens (tertiary/aromatic N) is 4. The minimum absolute atomic E-state index is 0.0517. The van der Waals surface area contributed by atoms with Crippen molar-refractivity contribution in [2.45, 2.75) is 26.8 Å². The normalized spacial score (nSPS) is 11.2. The predicted molar refractivity (Wildman–Crippen MR) is 81.4 cm³/mol. The van der Waals surface area contributed by atoms with Crippen LogP contribution in [0.1, 0.15) is 28.9 Å². The molecule has 0 aliphatic rings. The number of fused-ring (bicyclic) bond motifs is 1. The topological polar surface area (TPSA) is 52.7 Å². The number of ketones is 1. The molecule has 5 nitrogen and oxygen atoms in total. The van der Waals surface area contributed by atoms with Crippen molar-refractivity contribution in [3.63, 3.8) is 0 Å². The minimum atomic E-state index is 0.0517. The van der Waals surface area contributed by atoms with E-state index in [9.17, 15) is 4.79 Å². The largest absolute Gasteiger partial charge is 0.331 e. The van der Waals surface area contributed by atoms with Gasteiger partial charge in [0.15, 0.2) is 5.78 Å². The first-order chi connectivity index (χ1) is 10.1. The van der Waals surface area contributed by atoms with Gasteiger partial charge in [-0.05, 0) is 32.0 Å². The van der Waals surface area contributed by atoms with Gasteiger partial charge in [-0.15, -0.1) is 0 Å². The number of para-hydroxylation sites is 2. The maximum Gasteiger partial charge on any atom is 0.188 e. The van der Waals surface area contributed by atoms with Gasteiger partial charge in [-0.1, -0.05) is 12.1 Å². The average molecular weight is 282 g/mol. The van der Waals surface area contributed by atoms with Gasteiger partial charge in [-0.2, -0.15) is 5.10 Å².